The number of ketones is 1. The lowest BCUT2D eigenvalue weighted by Gasteiger charge is -2.13. The van der Waals surface area contributed by atoms with Crippen LogP contribution in [0.2, 0.25) is 0 Å². The third kappa shape index (κ3) is 3.32. The zero-order valence-electron chi connectivity index (χ0n) is 16.4. The lowest BCUT2D eigenvalue weighted by Crippen LogP contribution is -2.34. The van der Waals surface area contributed by atoms with E-state index in [1.54, 1.807) is 19.1 Å². The SMILES string of the molecule is Cc1[nH]c2ccccc2c1C(=O)[C@@H](C)OC(=O)Cn1[nH]c(=O)c2ccccc2c1=O. The second kappa shape index (κ2) is 7.47. The van der Waals surface area contributed by atoms with Crippen LogP contribution in [0.4, 0.5) is 0 Å². The van der Waals surface area contributed by atoms with Crippen LogP contribution in [0.5, 0.6) is 0 Å². The summed E-state index contributed by atoms with van der Waals surface area (Å²) < 4.78 is 6.16. The zero-order chi connectivity index (χ0) is 21.4. The lowest BCUT2D eigenvalue weighted by atomic mass is 10.0. The maximum absolute atomic E-state index is 12.9. The predicted octanol–water partition coefficient (Wildman–Crippen LogP) is 2.29. The summed E-state index contributed by atoms with van der Waals surface area (Å²) in [6, 6.07) is 13.7. The molecule has 4 aromatic rings. The summed E-state index contributed by atoms with van der Waals surface area (Å²) in [4.78, 5) is 53.1. The van der Waals surface area contributed by atoms with Gasteiger partial charge >= 0.3 is 5.97 Å². The first kappa shape index (κ1) is 19.4. The van der Waals surface area contributed by atoms with Crippen molar-refractivity contribution in [2.24, 2.45) is 0 Å². The van der Waals surface area contributed by atoms with Crippen LogP contribution in [-0.2, 0) is 16.1 Å². The highest BCUT2D eigenvalue weighted by Gasteiger charge is 2.24. The van der Waals surface area contributed by atoms with Gasteiger partial charge in [0, 0.05) is 22.2 Å². The fourth-order valence-electron chi connectivity index (χ4n) is 3.57. The summed E-state index contributed by atoms with van der Waals surface area (Å²) in [5.74, 6) is -1.15. The van der Waals surface area contributed by atoms with E-state index in [-0.39, 0.29) is 16.6 Å². The molecule has 30 heavy (non-hydrogen) atoms. The van der Waals surface area contributed by atoms with Crippen LogP contribution in [0.15, 0.2) is 58.1 Å². The number of aromatic nitrogens is 3. The molecule has 4 rings (SSSR count). The first-order valence-corrected chi connectivity index (χ1v) is 9.39. The molecule has 0 saturated carbocycles. The molecule has 0 aliphatic rings. The average Bonchev–Trinajstić information content (AvgIpc) is 3.06. The number of Topliss-reactive ketones (excluding diaryl/α,β-unsaturated/α-hetero) is 1. The lowest BCUT2D eigenvalue weighted by molar-refractivity contribution is -0.147. The van der Waals surface area contributed by atoms with Gasteiger partial charge in [-0.1, -0.05) is 30.3 Å². The monoisotopic (exact) mass is 405 g/mol. The van der Waals surface area contributed by atoms with Gasteiger partial charge in [-0.2, -0.15) is 0 Å². The topological polar surface area (TPSA) is 114 Å². The number of carbonyl (C=O) groups excluding carboxylic acids is 2. The van der Waals surface area contributed by atoms with E-state index in [0.717, 1.165) is 15.6 Å². The quantitative estimate of drug-likeness (QED) is 0.391. The van der Waals surface area contributed by atoms with Crippen LogP contribution in [0.3, 0.4) is 0 Å². The average molecular weight is 405 g/mol. The summed E-state index contributed by atoms with van der Waals surface area (Å²) in [5.41, 5.74) is 0.948. The van der Waals surface area contributed by atoms with Crippen molar-refractivity contribution in [3.63, 3.8) is 0 Å². The second-order valence-electron chi connectivity index (χ2n) is 7.04. The van der Waals surface area contributed by atoms with E-state index in [1.807, 2.05) is 24.3 Å². The third-order valence-electron chi connectivity index (χ3n) is 4.99. The van der Waals surface area contributed by atoms with E-state index >= 15 is 0 Å². The number of esters is 1. The van der Waals surface area contributed by atoms with Crippen LogP contribution >= 0.6 is 0 Å². The Labute approximate surface area is 170 Å². The fraction of sp³-hybridized carbons (Fsp3) is 0.182. The van der Waals surface area contributed by atoms with Gasteiger partial charge in [0.15, 0.2) is 6.10 Å². The van der Waals surface area contributed by atoms with E-state index < -0.39 is 29.7 Å². The highest BCUT2D eigenvalue weighted by Crippen LogP contribution is 2.23. The molecule has 0 spiro atoms. The number of rotatable bonds is 5. The molecule has 0 bridgehead atoms. The largest absolute Gasteiger partial charge is 0.453 e. The van der Waals surface area contributed by atoms with Gasteiger partial charge in [0.2, 0.25) is 5.78 Å². The Morgan fingerprint density at radius 1 is 1.00 bits per heavy atom. The molecule has 1 atom stereocenters. The molecular formula is C22H19N3O5. The number of ether oxygens (including phenoxy) is 1. The van der Waals surface area contributed by atoms with E-state index in [0.29, 0.717) is 11.3 Å². The number of benzene rings is 2. The molecule has 8 nitrogen and oxygen atoms in total. The van der Waals surface area contributed by atoms with Gasteiger partial charge in [0.1, 0.15) is 6.54 Å². The van der Waals surface area contributed by atoms with Crippen molar-refractivity contribution in [3.8, 4) is 0 Å². The van der Waals surface area contributed by atoms with Crippen LogP contribution in [0, 0.1) is 6.92 Å². The number of aromatic amines is 2. The van der Waals surface area contributed by atoms with Gasteiger partial charge in [0.25, 0.3) is 11.1 Å². The maximum atomic E-state index is 12.9. The van der Waals surface area contributed by atoms with Crippen LogP contribution in [0.1, 0.15) is 23.0 Å². The minimum absolute atomic E-state index is 0.201. The van der Waals surface area contributed by atoms with E-state index in [2.05, 4.69) is 10.1 Å². The van der Waals surface area contributed by atoms with Crippen LogP contribution < -0.4 is 11.1 Å². The van der Waals surface area contributed by atoms with E-state index in [1.165, 1.54) is 19.1 Å². The summed E-state index contributed by atoms with van der Waals surface area (Å²) >= 11 is 0. The molecule has 2 heterocycles. The Morgan fingerprint density at radius 3 is 2.37 bits per heavy atom. The Hall–Kier alpha value is -3.94. The number of hydrogen-bond donors (Lipinski definition) is 2. The Kier molecular flexibility index (Phi) is 4.83. The van der Waals surface area contributed by atoms with Crippen molar-refractivity contribution in [1.82, 2.24) is 14.8 Å². The summed E-state index contributed by atoms with van der Waals surface area (Å²) in [6.07, 6.45) is -1.06. The van der Waals surface area contributed by atoms with Crippen molar-refractivity contribution in [1.29, 1.82) is 0 Å². The van der Waals surface area contributed by atoms with Crippen molar-refractivity contribution in [3.05, 3.63) is 80.5 Å². The predicted molar refractivity (Wildman–Crippen MR) is 112 cm³/mol. The van der Waals surface area contributed by atoms with Gasteiger partial charge in [-0.3, -0.25) is 24.3 Å². The maximum Gasteiger partial charge on any atom is 0.328 e. The van der Waals surface area contributed by atoms with Gasteiger partial charge in [-0.15, -0.1) is 0 Å². The molecule has 0 unspecified atom stereocenters. The first-order valence-electron chi connectivity index (χ1n) is 9.39. The Bertz CT molecular complexity index is 1410. The number of para-hydroxylation sites is 1. The van der Waals surface area contributed by atoms with Gasteiger partial charge in [0.05, 0.1) is 10.8 Å². The molecular weight excluding hydrogens is 386 g/mol. The van der Waals surface area contributed by atoms with E-state index in [9.17, 15) is 19.2 Å². The van der Waals surface area contributed by atoms with Crippen LogP contribution in [-0.4, -0.2) is 32.6 Å². The number of H-pyrrole nitrogens is 2. The number of aryl methyl sites for hydroxylation is 1. The second-order valence-corrected chi connectivity index (χ2v) is 7.04. The van der Waals surface area contributed by atoms with E-state index in [4.69, 9.17) is 4.74 Å². The summed E-state index contributed by atoms with van der Waals surface area (Å²) in [6.45, 7) is 2.75. The molecule has 0 aliphatic heterocycles. The summed E-state index contributed by atoms with van der Waals surface area (Å²) in [5, 5.41) is 3.56. The number of hydrogen-bond acceptors (Lipinski definition) is 5. The molecule has 2 aromatic carbocycles. The zero-order valence-corrected chi connectivity index (χ0v) is 16.4. The van der Waals surface area contributed by atoms with Crippen molar-refractivity contribution in [2.45, 2.75) is 26.5 Å². The number of fused-ring (bicyclic) bond motifs is 2. The first-order chi connectivity index (χ1) is 14.4. The standard InChI is InChI=1S/C22H19N3O5/c1-12-19(16-9-5-6-10-17(16)23-12)20(27)13(2)30-18(26)11-25-22(29)15-8-4-3-7-14(15)21(28)24-25/h3-10,13,23H,11H2,1-2H3,(H,24,28)/t13-/m1/s1. The Balaban J connectivity index is 1.56. The number of nitrogens with zero attached hydrogens (tertiary/aromatic N) is 1. The Morgan fingerprint density at radius 2 is 1.63 bits per heavy atom. The molecule has 152 valence electrons. The smallest absolute Gasteiger partial charge is 0.328 e. The number of nitrogens with one attached hydrogen (secondary N) is 2. The third-order valence-corrected chi connectivity index (χ3v) is 4.99. The molecule has 0 aliphatic carbocycles. The number of carbonyl (C=O) groups is 2. The van der Waals surface area contributed by atoms with Gasteiger partial charge < -0.3 is 9.72 Å². The molecule has 0 amide bonds. The molecule has 0 fully saturated rings. The molecule has 0 radical (unpaired) electrons. The highest BCUT2D eigenvalue weighted by molar-refractivity contribution is 6.11. The summed E-state index contributed by atoms with van der Waals surface area (Å²) in [7, 11) is 0. The van der Waals surface area contributed by atoms with Crippen molar-refractivity contribution < 1.29 is 14.3 Å². The van der Waals surface area contributed by atoms with Crippen molar-refractivity contribution in [2.75, 3.05) is 0 Å². The van der Waals surface area contributed by atoms with Gasteiger partial charge in [-0.25, -0.2) is 4.68 Å². The molecule has 8 heteroatoms. The minimum atomic E-state index is -1.06. The highest BCUT2D eigenvalue weighted by atomic mass is 16.5. The molecule has 2 N–H and O–H groups in total. The van der Waals surface area contributed by atoms with Crippen molar-refractivity contribution >= 4 is 33.4 Å². The van der Waals surface area contributed by atoms with Crippen LogP contribution in [0.25, 0.3) is 21.7 Å². The molecule has 2 aromatic heterocycles. The minimum Gasteiger partial charge on any atom is -0.453 e. The fourth-order valence-corrected chi connectivity index (χ4v) is 3.57. The molecule has 0 saturated heterocycles. The normalized spacial score (nSPS) is 12.2. The van der Waals surface area contributed by atoms with Gasteiger partial charge in [-0.05, 0) is 32.0 Å².